The molecular formula is C15H14ClFN4O. The molecular weight excluding hydrogens is 307 g/mol. The molecule has 1 amide bonds. The van der Waals surface area contributed by atoms with Gasteiger partial charge in [-0.2, -0.15) is 0 Å². The summed E-state index contributed by atoms with van der Waals surface area (Å²) in [6.07, 6.45) is 3.03. The summed E-state index contributed by atoms with van der Waals surface area (Å²) in [5.74, 6) is 0.216. The average molecular weight is 321 g/mol. The molecule has 1 aliphatic rings. The number of rotatable bonds is 3. The van der Waals surface area contributed by atoms with Gasteiger partial charge in [0, 0.05) is 19.6 Å². The lowest BCUT2D eigenvalue weighted by Gasteiger charge is -2.34. The third-order valence-corrected chi connectivity index (χ3v) is 3.69. The van der Waals surface area contributed by atoms with E-state index in [1.807, 2.05) is 4.90 Å². The Labute approximate surface area is 132 Å². The van der Waals surface area contributed by atoms with Gasteiger partial charge < -0.3 is 9.80 Å². The minimum absolute atomic E-state index is 0.00544. The quantitative estimate of drug-likeness (QED) is 0.869. The summed E-state index contributed by atoms with van der Waals surface area (Å²) in [6, 6.07) is 6.18. The first-order valence-electron chi connectivity index (χ1n) is 6.86. The SMILES string of the molecule is O=C1CN(c2ncc(Cl)cn2)CCN1Cc1ccc(F)cc1. The molecule has 114 valence electrons. The molecule has 0 atom stereocenters. The lowest BCUT2D eigenvalue weighted by molar-refractivity contribution is -0.131. The highest BCUT2D eigenvalue weighted by atomic mass is 35.5. The molecule has 2 aromatic rings. The Morgan fingerprint density at radius 2 is 1.82 bits per heavy atom. The molecule has 1 saturated heterocycles. The van der Waals surface area contributed by atoms with Crippen LogP contribution in [0.1, 0.15) is 5.56 Å². The molecule has 1 aliphatic heterocycles. The summed E-state index contributed by atoms with van der Waals surface area (Å²) in [6.45, 7) is 1.92. The van der Waals surface area contributed by atoms with Crippen molar-refractivity contribution in [2.45, 2.75) is 6.54 Å². The number of benzene rings is 1. The van der Waals surface area contributed by atoms with Crippen molar-refractivity contribution in [2.24, 2.45) is 0 Å². The van der Waals surface area contributed by atoms with E-state index in [0.29, 0.717) is 30.6 Å². The predicted molar refractivity (Wildman–Crippen MR) is 81.1 cm³/mol. The lowest BCUT2D eigenvalue weighted by Crippen LogP contribution is -2.50. The molecule has 1 fully saturated rings. The van der Waals surface area contributed by atoms with Crippen LogP contribution in [0.25, 0.3) is 0 Å². The van der Waals surface area contributed by atoms with Crippen molar-refractivity contribution in [1.82, 2.24) is 14.9 Å². The Morgan fingerprint density at radius 3 is 2.45 bits per heavy atom. The second-order valence-corrected chi connectivity index (χ2v) is 5.50. The van der Waals surface area contributed by atoms with Gasteiger partial charge in [0.1, 0.15) is 12.4 Å². The molecule has 2 heterocycles. The number of nitrogens with zero attached hydrogens (tertiary/aromatic N) is 4. The third-order valence-electron chi connectivity index (χ3n) is 3.49. The maximum atomic E-state index is 12.9. The molecule has 3 rings (SSSR count). The summed E-state index contributed by atoms with van der Waals surface area (Å²) in [7, 11) is 0. The maximum Gasteiger partial charge on any atom is 0.242 e. The second-order valence-electron chi connectivity index (χ2n) is 5.06. The van der Waals surface area contributed by atoms with E-state index in [0.717, 1.165) is 5.56 Å². The van der Waals surface area contributed by atoms with Gasteiger partial charge in [0.2, 0.25) is 11.9 Å². The molecule has 0 N–H and O–H groups in total. The van der Waals surface area contributed by atoms with Crippen LogP contribution in [0, 0.1) is 5.82 Å². The van der Waals surface area contributed by atoms with Crippen LogP contribution in [0.5, 0.6) is 0 Å². The fraction of sp³-hybridized carbons (Fsp3) is 0.267. The van der Waals surface area contributed by atoms with Gasteiger partial charge >= 0.3 is 0 Å². The van der Waals surface area contributed by atoms with E-state index in [-0.39, 0.29) is 18.3 Å². The predicted octanol–water partition coefficient (Wildman–Crippen LogP) is 2.12. The summed E-state index contributed by atoms with van der Waals surface area (Å²) >= 11 is 5.76. The molecule has 22 heavy (non-hydrogen) atoms. The van der Waals surface area contributed by atoms with E-state index >= 15 is 0 Å². The number of aromatic nitrogens is 2. The van der Waals surface area contributed by atoms with Crippen molar-refractivity contribution < 1.29 is 9.18 Å². The van der Waals surface area contributed by atoms with Crippen LogP contribution in [0.2, 0.25) is 5.02 Å². The van der Waals surface area contributed by atoms with Crippen molar-refractivity contribution in [2.75, 3.05) is 24.5 Å². The van der Waals surface area contributed by atoms with Crippen LogP contribution in [-0.2, 0) is 11.3 Å². The number of halogens is 2. The van der Waals surface area contributed by atoms with E-state index < -0.39 is 0 Å². The zero-order valence-electron chi connectivity index (χ0n) is 11.7. The topological polar surface area (TPSA) is 49.3 Å². The van der Waals surface area contributed by atoms with Crippen LogP contribution < -0.4 is 4.90 Å². The van der Waals surface area contributed by atoms with Crippen molar-refractivity contribution in [3.8, 4) is 0 Å². The summed E-state index contributed by atoms with van der Waals surface area (Å²) in [5, 5.41) is 0.463. The van der Waals surface area contributed by atoms with Gasteiger partial charge in [0.05, 0.1) is 17.4 Å². The van der Waals surface area contributed by atoms with Gasteiger partial charge in [0.15, 0.2) is 0 Å². The Bertz CT molecular complexity index is 662. The smallest absolute Gasteiger partial charge is 0.242 e. The molecule has 7 heteroatoms. The minimum Gasteiger partial charge on any atom is -0.335 e. The number of hydrogen-bond acceptors (Lipinski definition) is 4. The second kappa shape index (κ2) is 6.27. The first-order valence-corrected chi connectivity index (χ1v) is 7.24. The van der Waals surface area contributed by atoms with Crippen LogP contribution >= 0.6 is 11.6 Å². The molecule has 0 saturated carbocycles. The largest absolute Gasteiger partial charge is 0.335 e. The first-order chi connectivity index (χ1) is 10.6. The number of carbonyl (C=O) groups excluding carboxylic acids is 1. The van der Waals surface area contributed by atoms with Crippen molar-refractivity contribution in [3.05, 3.63) is 53.1 Å². The lowest BCUT2D eigenvalue weighted by atomic mass is 10.2. The average Bonchev–Trinajstić information content (AvgIpc) is 2.52. The summed E-state index contributed by atoms with van der Waals surface area (Å²) in [4.78, 5) is 24.1. The standard InChI is InChI=1S/C15H14ClFN4O/c16-12-7-18-15(19-8-12)21-6-5-20(14(22)10-21)9-11-1-3-13(17)4-2-11/h1-4,7-8H,5-6,9-10H2. The Kier molecular flexibility index (Phi) is 4.20. The van der Waals surface area contributed by atoms with Crippen molar-refractivity contribution in [1.29, 1.82) is 0 Å². The number of hydrogen-bond donors (Lipinski definition) is 0. The minimum atomic E-state index is -0.278. The van der Waals surface area contributed by atoms with E-state index in [1.165, 1.54) is 24.5 Å². The van der Waals surface area contributed by atoms with E-state index in [1.54, 1.807) is 17.0 Å². The number of anilines is 1. The Balaban J connectivity index is 1.63. The highest BCUT2D eigenvalue weighted by Gasteiger charge is 2.25. The van der Waals surface area contributed by atoms with Crippen LogP contribution in [0.4, 0.5) is 10.3 Å². The highest BCUT2D eigenvalue weighted by Crippen LogP contribution is 2.15. The van der Waals surface area contributed by atoms with Gasteiger partial charge in [-0.05, 0) is 17.7 Å². The zero-order chi connectivity index (χ0) is 15.5. The molecule has 0 radical (unpaired) electrons. The Hall–Kier alpha value is -2.21. The molecule has 1 aromatic carbocycles. The molecule has 5 nitrogen and oxygen atoms in total. The molecule has 0 unspecified atom stereocenters. The van der Waals surface area contributed by atoms with E-state index in [4.69, 9.17) is 11.6 Å². The van der Waals surface area contributed by atoms with Crippen LogP contribution in [0.15, 0.2) is 36.7 Å². The number of carbonyl (C=O) groups is 1. The zero-order valence-corrected chi connectivity index (χ0v) is 12.5. The molecule has 0 bridgehead atoms. The number of piperazine rings is 1. The van der Waals surface area contributed by atoms with Gasteiger partial charge in [-0.25, -0.2) is 14.4 Å². The molecule has 1 aromatic heterocycles. The van der Waals surface area contributed by atoms with E-state index in [2.05, 4.69) is 9.97 Å². The third kappa shape index (κ3) is 3.33. The van der Waals surface area contributed by atoms with E-state index in [9.17, 15) is 9.18 Å². The molecule has 0 spiro atoms. The normalized spacial score (nSPS) is 15.3. The van der Waals surface area contributed by atoms with Crippen molar-refractivity contribution in [3.63, 3.8) is 0 Å². The Morgan fingerprint density at radius 1 is 1.14 bits per heavy atom. The fourth-order valence-corrected chi connectivity index (χ4v) is 2.42. The summed E-state index contributed by atoms with van der Waals surface area (Å²) < 4.78 is 12.9. The van der Waals surface area contributed by atoms with Gasteiger partial charge in [-0.1, -0.05) is 23.7 Å². The van der Waals surface area contributed by atoms with Gasteiger partial charge in [0.25, 0.3) is 0 Å². The van der Waals surface area contributed by atoms with Crippen LogP contribution in [-0.4, -0.2) is 40.4 Å². The van der Waals surface area contributed by atoms with Gasteiger partial charge in [-0.3, -0.25) is 4.79 Å². The maximum absolute atomic E-state index is 12.9. The monoisotopic (exact) mass is 320 g/mol. The molecule has 0 aliphatic carbocycles. The highest BCUT2D eigenvalue weighted by molar-refractivity contribution is 6.30. The fourth-order valence-electron chi connectivity index (χ4n) is 2.33. The van der Waals surface area contributed by atoms with Gasteiger partial charge in [-0.15, -0.1) is 0 Å². The summed E-state index contributed by atoms with van der Waals surface area (Å²) in [5.41, 5.74) is 0.908. The van der Waals surface area contributed by atoms with Crippen LogP contribution in [0.3, 0.4) is 0 Å². The first kappa shape index (κ1) is 14.7. The van der Waals surface area contributed by atoms with Crippen molar-refractivity contribution >= 4 is 23.5 Å². The number of amides is 1.